The van der Waals surface area contributed by atoms with Crippen molar-refractivity contribution in [3.63, 3.8) is 0 Å². The van der Waals surface area contributed by atoms with Gasteiger partial charge in [-0.3, -0.25) is 19.3 Å². The number of carboxylic acids is 3. The molecule has 0 radical (unpaired) electrons. The number of hydrogen-bond donors (Lipinski definition) is 4. The van der Waals surface area contributed by atoms with E-state index in [2.05, 4.69) is 0 Å². The third-order valence-electron chi connectivity index (χ3n) is 1.60. The Hall–Kier alpha value is -1.67. The SMILES string of the molecule is O=C(O)CC(O)CN(CC(=O)O)CC(=O)O. The number of aliphatic hydroxyl groups is 1. The van der Waals surface area contributed by atoms with Crippen LogP contribution in [0.2, 0.25) is 0 Å². The number of rotatable bonds is 8. The number of nitrogens with zero attached hydrogens (tertiary/aromatic N) is 1. The first-order valence-corrected chi connectivity index (χ1v) is 4.37. The molecule has 92 valence electrons. The zero-order valence-electron chi connectivity index (χ0n) is 8.37. The van der Waals surface area contributed by atoms with Crippen LogP contribution in [0.3, 0.4) is 0 Å². The van der Waals surface area contributed by atoms with Gasteiger partial charge in [0.1, 0.15) is 0 Å². The average Bonchev–Trinajstić information content (AvgIpc) is 1.97. The lowest BCUT2D eigenvalue weighted by Crippen LogP contribution is -2.40. The van der Waals surface area contributed by atoms with Crippen LogP contribution >= 0.6 is 0 Å². The van der Waals surface area contributed by atoms with E-state index in [0.717, 1.165) is 4.90 Å². The van der Waals surface area contributed by atoms with Gasteiger partial charge in [0.2, 0.25) is 0 Å². The second kappa shape index (κ2) is 6.75. The first-order valence-electron chi connectivity index (χ1n) is 4.37. The first kappa shape index (κ1) is 14.3. The lowest BCUT2D eigenvalue weighted by atomic mass is 10.2. The Balaban J connectivity index is 4.23. The molecule has 8 heteroatoms. The summed E-state index contributed by atoms with van der Waals surface area (Å²) in [7, 11) is 0. The van der Waals surface area contributed by atoms with Crippen molar-refractivity contribution in [2.45, 2.75) is 12.5 Å². The predicted molar refractivity (Wildman–Crippen MR) is 50.0 cm³/mol. The van der Waals surface area contributed by atoms with Gasteiger partial charge in [0, 0.05) is 6.54 Å². The fourth-order valence-corrected chi connectivity index (χ4v) is 1.13. The third-order valence-corrected chi connectivity index (χ3v) is 1.60. The lowest BCUT2D eigenvalue weighted by molar-refractivity contribution is -0.142. The molecule has 0 amide bonds. The summed E-state index contributed by atoms with van der Waals surface area (Å²) in [6.45, 7) is -1.45. The summed E-state index contributed by atoms with van der Waals surface area (Å²) >= 11 is 0. The molecule has 4 N–H and O–H groups in total. The van der Waals surface area contributed by atoms with Crippen molar-refractivity contribution in [3.8, 4) is 0 Å². The number of aliphatic carboxylic acids is 3. The molecule has 0 aromatic heterocycles. The molecule has 0 heterocycles. The monoisotopic (exact) mass is 235 g/mol. The van der Waals surface area contributed by atoms with Crippen LogP contribution in [0.4, 0.5) is 0 Å². The molecule has 0 aromatic carbocycles. The van der Waals surface area contributed by atoms with Gasteiger partial charge in [0.15, 0.2) is 0 Å². The molecule has 0 aromatic rings. The largest absolute Gasteiger partial charge is 0.481 e. The Kier molecular flexibility index (Phi) is 6.04. The number of carbonyl (C=O) groups is 3. The minimum Gasteiger partial charge on any atom is -0.481 e. The van der Waals surface area contributed by atoms with Crippen LogP contribution in [0.15, 0.2) is 0 Å². The maximum absolute atomic E-state index is 10.4. The van der Waals surface area contributed by atoms with E-state index in [4.69, 9.17) is 15.3 Å². The van der Waals surface area contributed by atoms with Crippen molar-refractivity contribution in [1.82, 2.24) is 4.90 Å². The van der Waals surface area contributed by atoms with Crippen LogP contribution in [-0.4, -0.2) is 69.0 Å². The minimum atomic E-state index is -1.30. The van der Waals surface area contributed by atoms with E-state index in [1.807, 2.05) is 0 Å². The van der Waals surface area contributed by atoms with Crippen LogP contribution in [0.25, 0.3) is 0 Å². The lowest BCUT2D eigenvalue weighted by Gasteiger charge is -2.20. The minimum absolute atomic E-state index is 0.315. The van der Waals surface area contributed by atoms with Gasteiger partial charge in [-0.25, -0.2) is 0 Å². The Morgan fingerprint density at radius 2 is 1.38 bits per heavy atom. The molecule has 0 rings (SSSR count). The van der Waals surface area contributed by atoms with Crippen molar-refractivity contribution in [1.29, 1.82) is 0 Å². The highest BCUT2D eigenvalue weighted by molar-refractivity contribution is 5.72. The molecule has 0 saturated heterocycles. The fourth-order valence-electron chi connectivity index (χ4n) is 1.13. The van der Waals surface area contributed by atoms with Crippen molar-refractivity contribution >= 4 is 17.9 Å². The maximum atomic E-state index is 10.4. The molecule has 1 unspecified atom stereocenters. The van der Waals surface area contributed by atoms with Gasteiger partial charge in [0.05, 0.1) is 25.6 Å². The molecule has 1 atom stereocenters. The van der Waals surface area contributed by atoms with E-state index in [1.54, 1.807) is 0 Å². The molecule has 0 aliphatic rings. The summed E-state index contributed by atoms with van der Waals surface area (Å²) in [5.41, 5.74) is 0. The smallest absolute Gasteiger partial charge is 0.317 e. The zero-order chi connectivity index (χ0) is 12.7. The normalized spacial score (nSPS) is 12.4. The van der Waals surface area contributed by atoms with E-state index < -0.39 is 43.5 Å². The standard InChI is InChI=1S/C8H13NO7/c10-5(1-6(11)12)2-9(3-7(13)14)4-8(15)16/h5,10H,1-4H2,(H,11,12)(H,13,14)(H,15,16). The van der Waals surface area contributed by atoms with Gasteiger partial charge in [0.25, 0.3) is 0 Å². The van der Waals surface area contributed by atoms with E-state index in [-0.39, 0.29) is 6.54 Å². The first-order chi connectivity index (χ1) is 7.31. The molecule has 16 heavy (non-hydrogen) atoms. The molecule has 0 fully saturated rings. The van der Waals surface area contributed by atoms with E-state index in [9.17, 15) is 19.5 Å². The summed E-state index contributed by atoms with van der Waals surface area (Å²) in [6.07, 6.45) is -1.85. The molecule has 8 nitrogen and oxygen atoms in total. The maximum Gasteiger partial charge on any atom is 0.317 e. The molecule has 0 bridgehead atoms. The van der Waals surface area contributed by atoms with E-state index >= 15 is 0 Å². The van der Waals surface area contributed by atoms with Crippen molar-refractivity contribution < 1.29 is 34.8 Å². The highest BCUT2D eigenvalue weighted by atomic mass is 16.4. The Bertz CT molecular complexity index is 262. The zero-order valence-corrected chi connectivity index (χ0v) is 8.37. The highest BCUT2D eigenvalue weighted by Crippen LogP contribution is 1.97. The third kappa shape index (κ3) is 7.71. The van der Waals surface area contributed by atoms with Gasteiger partial charge >= 0.3 is 17.9 Å². The van der Waals surface area contributed by atoms with E-state index in [0.29, 0.717) is 0 Å². The van der Waals surface area contributed by atoms with Crippen molar-refractivity contribution in [2.24, 2.45) is 0 Å². The molecule has 0 aliphatic carbocycles. The number of carboxylic acid groups (broad SMARTS) is 3. The van der Waals surface area contributed by atoms with Gasteiger partial charge < -0.3 is 20.4 Å². The number of aliphatic hydroxyl groups excluding tert-OH is 1. The van der Waals surface area contributed by atoms with Crippen LogP contribution in [0.1, 0.15) is 6.42 Å². The Morgan fingerprint density at radius 3 is 1.69 bits per heavy atom. The molecule has 0 spiro atoms. The predicted octanol–water partition coefficient (Wildman–Crippen LogP) is -1.71. The molecular formula is C8H13NO7. The number of hydrogen-bond acceptors (Lipinski definition) is 5. The van der Waals surface area contributed by atoms with Crippen LogP contribution in [0.5, 0.6) is 0 Å². The van der Waals surface area contributed by atoms with Crippen molar-refractivity contribution in [3.05, 3.63) is 0 Å². The summed E-state index contributed by atoms with van der Waals surface area (Å²) in [4.78, 5) is 31.9. The topological polar surface area (TPSA) is 135 Å². The summed E-state index contributed by atoms with van der Waals surface area (Å²) in [6, 6.07) is 0. The van der Waals surface area contributed by atoms with Crippen molar-refractivity contribution in [2.75, 3.05) is 19.6 Å². The summed E-state index contributed by atoms with van der Waals surface area (Å²) in [5, 5.41) is 34.5. The molecular weight excluding hydrogens is 222 g/mol. The summed E-state index contributed by atoms with van der Waals surface area (Å²) < 4.78 is 0. The molecule has 0 saturated carbocycles. The quantitative estimate of drug-likeness (QED) is 0.390. The highest BCUT2D eigenvalue weighted by Gasteiger charge is 2.18. The second-order valence-electron chi connectivity index (χ2n) is 3.21. The molecule has 0 aliphatic heterocycles. The Morgan fingerprint density at radius 1 is 0.938 bits per heavy atom. The Labute approximate surface area is 90.7 Å². The van der Waals surface area contributed by atoms with Gasteiger partial charge in [-0.2, -0.15) is 0 Å². The van der Waals surface area contributed by atoms with E-state index in [1.165, 1.54) is 0 Å². The average molecular weight is 235 g/mol. The van der Waals surface area contributed by atoms with Crippen LogP contribution in [-0.2, 0) is 14.4 Å². The van der Waals surface area contributed by atoms with Gasteiger partial charge in [-0.15, -0.1) is 0 Å². The van der Waals surface area contributed by atoms with Crippen LogP contribution < -0.4 is 0 Å². The van der Waals surface area contributed by atoms with Crippen LogP contribution in [0, 0.1) is 0 Å². The fraction of sp³-hybridized carbons (Fsp3) is 0.625. The van der Waals surface area contributed by atoms with Gasteiger partial charge in [-0.1, -0.05) is 0 Å². The summed E-state index contributed by atoms with van der Waals surface area (Å²) in [5.74, 6) is -3.73. The van der Waals surface area contributed by atoms with Gasteiger partial charge in [-0.05, 0) is 0 Å². The second-order valence-corrected chi connectivity index (χ2v) is 3.21.